The lowest BCUT2D eigenvalue weighted by atomic mass is 10.1. The van der Waals surface area contributed by atoms with Crippen LogP contribution in [0.4, 0.5) is 4.79 Å². The van der Waals surface area contributed by atoms with Crippen LogP contribution in [0.3, 0.4) is 0 Å². The van der Waals surface area contributed by atoms with Gasteiger partial charge in [-0.3, -0.25) is 0 Å². The van der Waals surface area contributed by atoms with E-state index in [1.165, 1.54) is 167 Å². The van der Waals surface area contributed by atoms with E-state index < -0.39 is 0 Å². The van der Waals surface area contributed by atoms with E-state index in [-0.39, 0.29) is 12.1 Å². The van der Waals surface area contributed by atoms with E-state index in [1.807, 2.05) is 0 Å². The van der Waals surface area contributed by atoms with Crippen LogP contribution in [0.5, 0.6) is 0 Å². The van der Waals surface area contributed by atoms with Crippen molar-refractivity contribution in [1.29, 1.82) is 0 Å². The van der Waals surface area contributed by atoms with Gasteiger partial charge in [0.2, 0.25) is 0 Å². The Morgan fingerprint density at radius 2 is 0.966 bits per heavy atom. The molecule has 8 heteroatoms. The van der Waals surface area contributed by atoms with E-state index in [4.69, 9.17) is 15.2 Å². The summed E-state index contributed by atoms with van der Waals surface area (Å²) in [6.07, 6.45) is 49.7. The average Bonchev–Trinajstić information content (AvgIpc) is 3.22. The molecule has 2 amide bonds. The molecule has 0 aromatic heterocycles. The molecule has 0 aromatic rings. The van der Waals surface area contributed by atoms with Crippen molar-refractivity contribution in [3.63, 3.8) is 0 Å². The highest BCUT2D eigenvalue weighted by molar-refractivity contribution is 5.73. The molecule has 350 valence electrons. The molecule has 59 heavy (non-hydrogen) atoms. The van der Waals surface area contributed by atoms with Gasteiger partial charge in [-0.25, -0.2) is 4.79 Å². The zero-order chi connectivity index (χ0) is 43.0. The van der Waals surface area contributed by atoms with E-state index in [9.17, 15) is 4.79 Å². The Bertz CT molecular complexity index is 899. The number of carbonyl (C=O) groups is 1. The van der Waals surface area contributed by atoms with Crippen LogP contribution in [-0.2, 0) is 9.47 Å². The molecule has 0 saturated heterocycles. The molecule has 0 heterocycles. The zero-order valence-corrected chi connectivity index (χ0v) is 40.1. The van der Waals surface area contributed by atoms with Gasteiger partial charge in [-0.15, -0.1) is 0 Å². The first-order valence-corrected chi connectivity index (χ1v) is 25.7. The van der Waals surface area contributed by atoms with Crippen LogP contribution in [0.1, 0.15) is 213 Å². The molecule has 0 aliphatic carbocycles. The largest absolute Gasteiger partial charge is 0.379 e. The number of urea groups is 1. The van der Waals surface area contributed by atoms with Crippen LogP contribution in [-0.4, -0.2) is 96.3 Å². The second-order valence-corrected chi connectivity index (χ2v) is 18.1. The third kappa shape index (κ3) is 47.5. The SMILES string of the molecule is CCCCCCCC/C=C\CCCCCCCCOCC(C[N+](C)(C)CCNC(=O)NCCCNCCCCN)OCCCCCCCC/C=C\CCCCCCCC. The molecule has 0 fully saturated rings. The molecule has 0 rings (SSSR count). The van der Waals surface area contributed by atoms with Gasteiger partial charge in [0.05, 0.1) is 33.8 Å². The van der Waals surface area contributed by atoms with E-state index in [0.29, 0.717) is 19.7 Å². The van der Waals surface area contributed by atoms with Crippen molar-refractivity contribution in [2.45, 2.75) is 219 Å². The zero-order valence-electron chi connectivity index (χ0n) is 40.1. The summed E-state index contributed by atoms with van der Waals surface area (Å²) < 4.78 is 13.5. The molecule has 1 unspecified atom stereocenters. The van der Waals surface area contributed by atoms with Crippen LogP contribution in [0.15, 0.2) is 24.3 Å². The van der Waals surface area contributed by atoms with Crippen molar-refractivity contribution in [2.75, 3.05) is 79.7 Å². The fourth-order valence-electron chi connectivity index (χ4n) is 7.53. The van der Waals surface area contributed by atoms with Gasteiger partial charge in [-0.1, -0.05) is 154 Å². The third-order valence-electron chi connectivity index (χ3n) is 11.4. The van der Waals surface area contributed by atoms with Gasteiger partial charge < -0.3 is 35.6 Å². The number of nitrogens with two attached hydrogens (primary N) is 1. The molecule has 0 aliphatic rings. The molecule has 0 spiro atoms. The Morgan fingerprint density at radius 1 is 0.525 bits per heavy atom. The molecular weight excluding hydrogens is 731 g/mol. The number of unbranched alkanes of at least 4 members (excludes halogenated alkanes) is 25. The lowest BCUT2D eigenvalue weighted by Gasteiger charge is -2.33. The number of carbonyl (C=O) groups excluding carboxylic acids is 1. The summed E-state index contributed by atoms with van der Waals surface area (Å²) in [5.41, 5.74) is 5.55. The number of hydrogen-bond donors (Lipinski definition) is 4. The standard InChI is InChI=1S/C51H103N5O3/c1-5-7-9-11-13-15-17-19-21-23-25-27-29-31-33-37-46-58-49-50(48-56(3,4)45-44-55-51(57)54-43-39-42-53-41-36-35-40-52)59-47-38-34-32-30-28-26-24-22-20-18-16-14-12-10-8-6-2/h19-22,50,53H,5-18,23-49,52H2,1-4H3,(H-,54,55,57)/p+1/b21-19-,22-20-. The molecule has 0 aliphatic heterocycles. The summed E-state index contributed by atoms with van der Waals surface area (Å²) >= 11 is 0. The quantitative estimate of drug-likeness (QED) is 0.0278. The van der Waals surface area contributed by atoms with E-state index in [2.05, 4.69) is 68.2 Å². The maximum atomic E-state index is 12.4. The van der Waals surface area contributed by atoms with Gasteiger partial charge in [-0.05, 0) is 103 Å². The van der Waals surface area contributed by atoms with Crippen LogP contribution < -0.4 is 21.7 Å². The molecule has 8 nitrogen and oxygen atoms in total. The van der Waals surface area contributed by atoms with Crippen molar-refractivity contribution in [1.82, 2.24) is 16.0 Å². The number of rotatable bonds is 48. The molecular formula is C51H104N5O3+. The Labute approximate surface area is 368 Å². The predicted octanol–water partition coefficient (Wildman–Crippen LogP) is 12.6. The Morgan fingerprint density at radius 3 is 1.47 bits per heavy atom. The van der Waals surface area contributed by atoms with Crippen molar-refractivity contribution in [3.8, 4) is 0 Å². The summed E-state index contributed by atoms with van der Waals surface area (Å²) in [5, 5.41) is 9.46. The van der Waals surface area contributed by atoms with Crippen molar-refractivity contribution in [2.24, 2.45) is 5.73 Å². The summed E-state index contributed by atoms with van der Waals surface area (Å²) in [6.45, 7) is 12.5. The summed E-state index contributed by atoms with van der Waals surface area (Å²) in [4.78, 5) is 12.4. The predicted molar refractivity (Wildman–Crippen MR) is 258 cm³/mol. The number of likely N-dealkylation sites (N-methyl/N-ethyl adjacent to an activating group) is 1. The summed E-state index contributed by atoms with van der Waals surface area (Å²) in [6, 6.07) is -0.0835. The Balaban J connectivity index is 4.33. The first-order valence-electron chi connectivity index (χ1n) is 25.7. The van der Waals surface area contributed by atoms with Gasteiger partial charge in [0.15, 0.2) is 0 Å². The molecule has 0 aromatic carbocycles. The van der Waals surface area contributed by atoms with Crippen molar-refractivity contribution in [3.05, 3.63) is 24.3 Å². The second-order valence-electron chi connectivity index (χ2n) is 18.1. The van der Waals surface area contributed by atoms with Gasteiger partial charge in [0.1, 0.15) is 12.6 Å². The van der Waals surface area contributed by atoms with Gasteiger partial charge >= 0.3 is 6.03 Å². The smallest absolute Gasteiger partial charge is 0.314 e. The minimum Gasteiger partial charge on any atom is -0.379 e. The number of nitrogens with zero attached hydrogens (tertiary/aromatic N) is 1. The number of amides is 2. The molecule has 0 saturated carbocycles. The number of ether oxygens (including phenoxy) is 2. The van der Waals surface area contributed by atoms with E-state index in [0.717, 1.165) is 82.5 Å². The van der Waals surface area contributed by atoms with Crippen molar-refractivity contribution >= 4 is 6.03 Å². The fraction of sp³-hybridized carbons (Fsp3) is 0.902. The highest BCUT2D eigenvalue weighted by Gasteiger charge is 2.23. The summed E-state index contributed by atoms with van der Waals surface area (Å²) in [7, 11) is 4.48. The highest BCUT2D eigenvalue weighted by atomic mass is 16.5. The monoisotopic (exact) mass is 835 g/mol. The van der Waals surface area contributed by atoms with Crippen LogP contribution in [0, 0.1) is 0 Å². The van der Waals surface area contributed by atoms with Crippen LogP contribution in [0.2, 0.25) is 0 Å². The van der Waals surface area contributed by atoms with Gasteiger partial charge in [0.25, 0.3) is 0 Å². The second kappa shape index (κ2) is 47.6. The lowest BCUT2D eigenvalue weighted by molar-refractivity contribution is -0.892. The number of nitrogens with one attached hydrogen (secondary N) is 3. The first-order chi connectivity index (χ1) is 28.9. The number of quaternary nitrogens is 1. The maximum absolute atomic E-state index is 12.4. The van der Waals surface area contributed by atoms with Crippen LogP contribution >= 0.6 is 0 Å². The van der Waals surface area contributed by atoms with Crippen LogP contribution in [0.25, 0.3) is 0 Å². The summed E-state index contributed by atoms with van der Waals surface area (Å²) in [5.74, 6) is 0. The fourth-order valence-corrected chi connectivity index (χ4v) is 7.53. The van der Waals surface area contributed by atoms with E-state index in [1.54, 1.807) is 0 Å². The first kappa shape index (κ1) is 57.5. The van der Waals surface area contributed by atoms with Gasteiger partial charge in [-0.2, -0.15) is 0 Å². The molecule has 0 bridgehead atoms. The molecule has 1 atom stereocenters. The minimum atomic E-state index is -0.0835. The normalized spacial score (nSPS) is 12.6. The molecule has 0 radical (unpaired) electrons. The molecule has 5 N–H and O–H groups in total. The third-order valence-corrected chi connectivity index (χ3v) is 11.4. The van der Waals surface area contributed by atoms with Gasteiger partial charge in [0, 0.05) is 19.8 Å². The van der Waals surface area contributed by atoms with Crippen molar-refractivity contribution < 1.29 is 18.8 Å². The maximum Gasteiger partial charge on any atom is 0.314 e. The minimum absolute atomic E-state index is 0.0634. The number of allylic oxidation sites excluding steroid dienone is 4. The Hall–Kier alpha value is -1.45. The average molecular weight is 835 g/mol. The number of hydrogen-bond acceptors (Lipinski definition) is 5. The Kier molecular flexibility index (Phi) is 46.4. The highest BCUT2D eigenvalue weighted by Crippen LogP contribution is 2.13. The topological polar surface area (TPSA) is 97.6 Å². The lowest BCUT2D eigenvalue weighted by Crippen LogP contribution is -2.51. The van der Waals surface area contributed by atoms with E-state index >= 15 is 0 Å².